The largest absolute Gasteiger partial charge is 0.306 e. The van der Waals surface area contributed by atoms with E-state index in [1.807, 2.05) is 6.92 Å². The van der Waals surface area contributed by atoms with Gasteiger partial charge in [-0.2, -0.15) is 10.2 Å². The van der Waals surface area contributed by atoms with Crippen molar-refractivity contribution >= 4 is 50.9 Å². The maximum absolute atomic E-state index is 14.0. The Morgan fingerprint density at radius 2 is 2.15 bits per heavy atom. The number of benzene rings is 1. The van der Waals surface area contributed by atoms with E-state index in [0.717, 1.165) is 0 Å². The van der Waals surface area contributed by atoms with Crippen LogP contribution in [0.25, 0.3) is 0 Å². The molecule has 0 aliphatic carbocycles. The van der Waals surface area contributed by atoms with Crippen molar-refractivity contribution in [3.8, 4) is 0 Å². The van der Waals surface area contributed by atoms with Crippen LogP contribution in [0, 0.1) is 5.82 Å². The van der Waals surface area contributed by atoms with Crippen molar-refractivity contribution in [2.24, 2.45) is 0 Å². The highest BCUT2D eigenvalue weighted by molar-refractivity contribution is 9.10. The first-order valence-corrected chi connectivity index (χ1v) is 9.60. The lowest BCUT2D eigenvalue weighted by Crippen LogP contribution is -2.26. The third kappa shape index (κ3) is 4.51. The lowest BCUT2D eigenvalue weighted by atomic mass is 10.2. The van der Waals surface area contributed by atoms with Gasteiger partial charge in [0.1, 0.15) is 11.9 Å². The molecule has 0 radical (unpaired) electrons. The first-order valence-electron chi connectivity index (χ1n) is 8.05. The molecule has 0 spiro atoms. The summed E-state index contributed by atoms with van der Waals surface area (Å²) in [6.45, 7) is 2.00. The van der Waals surface area contributed by atoms with E-state index in [1.165, 1.54) is 27.7 Å². The molecule has 0 aliphatic heterocycles. The molecule has 27 heavy (non-hydrogen) atoms. The number of nitrogens with one attached hydrogen (secondary N) is 1. The minimum absolute atomic E-state index is 0.131. The molecule has 3 aromatic rings. The summed E-state index contributed by atoms with van der Waals surface area (Å²) in [6.07, 6.45) is 5.22. The van der Waals surface area contributed by atoms with Crippen molar-refractivity contribution < 1.29 is 9.18 Å². The zero-order valence-electron chi connectivity index (χ0n) is 14.2. The van der Waals surface area contributed by atoms with E-state index in [4.69, 9.17) is 23.2 Å². The van der Waals surface area contributed by atoms with E-state index in [9.17, 15) is 9.18 Å². The second-order valence-corrected chi connectivity index (χ2v) is 7.47. The highest BCUT2D eigenvalue weighted by atomic mass is 79.9. The zero-order chi connectivity index (χ0) is 19.6. The fourth-order valence-corrected chi connectivity index (χ4v) is 3.37. The Balaban J connectivity index is 1.77. The van der Waals surface area contributed by atoms with Gasteiger partial charge in [0, 0.05) is 23.0 Å². The molecule has 3 rings (SSSR count). The van der Waals surface area contributed by atoms with E-state index in [1.54, 1.807) is 18.5 Å². The van der Waals surface area contributed by atoms with E-state index in [2.05, 4.69) is 31.4 Å². The van der Waals surface area contributed by atoms with Crippen LogP contribution < -0.4 is 5.32 Å². The van der Waals surface area contributed by atoms with Gasteiger partial charge in [0.05, 0.1) is 22.2 Å². The third-order valence-corrected chi connectivity index (χ3v) is 5.05. The lowest BCUT2D eigenvalue weighted by molar-refractivity contribution is -0.119. The Kier molecular flexibility index (Phi) is 6.18. The number of carbonyl (C=O) groups excluding carboxylic acids is 1. The molecule has 1 aromatic carbocycles. The lowest BCUT2D eigenvalue weighted by Gasteiger charge is -2.14. The van der Waals surface area contributed by atoms with E-state index < -0.39 is 11.9 Å². The first-order chi connectivity index (χ1) is 12.9. The summed E-state index contributed by atoms with van der Waals surface area (Å²) in [4.78, 5) is 12.6. The van der Waals surface area contributed by atoms with E-state index >= 15 is 0 Å². The van der Waals surface area contributed by atoms with Gasteiger partial charge in [0.2, 0.25) is 5.91 Å². The maximum Gasteiger partial charge on any atom is 0.250 e. The predicted octanol–water partition coefficient (Wildman–Crippen LogP) is 4.93. The maximum atomic E-state index is 14.0. The van der Waals surface area contributed by atoms with Gasteiger partial charge in [-0.3, -0.25) is 14.2 Å². The number of halogens is 4. The molecule has 0 fully saturated rings. The minimum atomic E-state index is -0.532. The molecule has 1 atom stereocenters. The summed E-state index contributed by atoms with van der Waals surface area (Å²) in [7, 11) is 0. The van der Waals surface area contributed by atoms with E-state index in [0.29, 0.717) is 32.3 Å². The molecule has 0 aliphatic rings. The molecule has 2 heterocycles. The van der Waals surface area contributed by atoms with Gasteiger partial charge in [0.25, 0.3) is 0 Å². The number of carbonyl (C=O) groups is 1. The number of hydrogen-bond acceptors (Lipinski definition) is 3. The van der Waals surface area contributed by atoms with Gasteiger partial charge in [-0.05, 0) is 34.5 Å². The fraction of sp³-hybridized carbons (Fsp3) is 0.235. The summed E-state index contributed by atoms with van der Waals surface area (Å²) < 4.78 is 17.5. The van der Waals surface area contributed by atoms with Gasteiger partial charge in [-0.25, -0.2) is 4.39 Å². The van der Waals surface area contributed by atoms with Crippen LogP contribution in [0.2, 0.25) is 10.0 Å². The van der Waals surface area contributed by atoms with Crippen LogP contribution in [0.1, 0.15) is 24.9 Å². The Morgan fingerprint density at radius 1 is 1.37 bits per heavy atom. The molecular formula is C17H15BrCl2FN5O. The number of rotatable bonds is 6. The van der Waals surface area contributed by atoms with Gasteiger partial charge in [0.15, 0.2) is 5.82 Å². The van der Waals surface area contributed by atoms with Crippen LogP contribution >= 0.6 is 39.1 Å². The van der Waals surface area contributed by atoms with Crippen LogP contribution in [-0.2, 0) is 11.3 Å². The van der Waals surface area contributed by atoms with Crippen molar-refractivity contribution in [1.29, 1.82) is 0 Å². The third-order valence-electron chi connectivity index (χ3n) is 3.92. The molecule has 0 bridgehead atoms. The van der Waals surface area contributed by atoms with Crippen LogP contribution in [0.5, 0.6) is 0 Å². The van der Waals surface area contributed by atoms with Crippen molar-refractivity contribution in [3.63, 3.8) is 0 Å². The van der Waals surface area contributed by atoms with Gasteiger partial charge >= 0.3 is 0 Å². The smallest absolute Gasteiger partial charge is 0.250 e. The minimum Gasteiger partial charge on any atom is -0.306 e. The van der Waals surface area contributed by atoms with Gasteiger partial charge in [-0.15, -0.1) is 0 Å². The Morgan fingerprint density at radius 3 is 2.78 bits per heavy atom. The molecular weight excluding hydrogens is 460 g/mol. The second-order valence-electron chi connectivity index (χ2n) is 5.78. The Hall–Kier alpha value is -1.90. The summed E-state index contributed by atoms with van der Waals surface area (Å²) in [5, 5.41) is 11.9. The van der Waals surface area contributed by atoms with Crippen molar-refractivity contribution in [1.82, 2.24) is 19.6 Å². The molecule has 1 unspecified atom stereocenters. The molecule has 1 N–H and O–H groups in total. The molecule has 6 nitrogen and oxygen atoms in total. The quantitative estimate of drug-likeness (QED) is 0.551. The number of nitrogens with zero attached hydrogens (tertiary/aromatic N) is 4. The first kappa shape index (κ1) is 19.9. The summed E-state index contributed by atoms with van der Waals surface area (Å²) in [5.74, 6) is -0.377. The van der Waals surface area contributed by atoms with Crippen molar-refractivity contribution in [2.75, 3.05) is 5.32 Å². The Labute approximate surface area is 173 Å². The van der Waals surface area contributed by atoms with Crippen molar-refractivity contribution in [3.05, 3.63) is 62.7 Å². The number of anilines is 1. The Bertz CT molecular complexity index is 954. The molecule has 1 amide bonds. The zero-order valence-corrected chi connectivity index (χ0v) is 17.3. The van der Waals surface area contributed by atoms with Crippen LogP contribution in [-0.4, -0.2) is 25.5 Å². The molecule has 0 saturated carbocycles. The highest BCUT2D eigenvalue weighted by Gasteiger charge is 2.22. The monoisotopic (exact) mass is 473 g/mol. The molecule has 10 heteroatoms. The highest BCUT2D eigenvalue weighted by Crippen LogP contribution is 2.25. The molecule has 0 saturated heterocycles. The van der Waals surface area contributed by atoms with Crippen molar-refractivity contribution in [2.45, 2.75) is 25.9 Å². The number of hydrogen-bond donors (Lipinski definition) is 1. The standard InChI is InChI=1S/C17H15BrCl2FN5O/c1-2-15(26-7-10(19)6-22-26)17(27)23-16-12(18)9-25(24-16)8-11-13(20)4-3-5-14(11)21/h3-7,9,15H,2,8H2,1H3,(H,23,24,27). The normalized spacial score (nSPS) is 12.2. The number of amides is 1. The second kappa shape index (κ2) is 8.41. The van der Waals surface area contributed by atoms with Gasteiger partial charge < -0.3 is 5.32 Å². The summed E-state index contributed by atoms with van der Waals surface area (Å²) >= 11 is 15.3. The fourth-order valence-electron chi connectivity index (χ4n) is 2.59. The molecule has 2 aromatic heterocycles. The average Bonchev–Trinajstić information content (AvgIpc) is 3.18. The molecule has 142 valence electrons. The average molecular weight is 475 g/mol. The van der Waals surface area contributed by atoms with E-state index in [-0.39, 0.29) is 12.5 Å². The van der Waals surface area contributed by atoms with Crippen LogP contribution in [0.15, 0.2) is 41.3 Å². The summed E-state index contributed by atoms with van der Waals surface area (Å²) in [6, 6.07) is 3.96. The van der Waals surface area contributed by atoms with Crippen LogP contribution in [0.3, 0.4) is 0 Å². The predicted molar refractivity (Wildman–Crippen MR) is 106 cm³/mol. The summed E-state index contributed by atoms with van der Waals surface area (Å²) in [5.41, 5.74) is 0.324. The van der Waals surface area contributed by atoms with Crippen LogP contribution in [0.4, 0.5) is 10.2 Å². The SMILES string of the molecule is CCC(C(=O)Nc1nn(Cc2c(F)cccc2Cl)cc1Br)n1cc(Cl)cn1. The topological polar surface area (TPSA) is 64.7 Å². The number of aromatic nitrogens is 4. The van der Waals surface area contributed by atoms with Gasteiger partial charge in [-0.1, -0.05) is 36.2 Å².